The molecular weight excluding hydrogens is 238 g/mol. The van der Waals surface area contributed by atoms with Crippen molar-refractivity contribution in [3.63, 3.8) is 0 Å². The molecule has 19 heavy (non-hydrogen) atoms. The van der Waals surface area contributed by atoms with E-state index in [1.165, 1.54) is 0 Å². The Bertz CT molecular complexity index is 389. The van der Waals surface area contributed by atoms with Crippen molar-refractivity contribution in [2.24, 2.45) is 5.92 Å². The molecule has 1 aromatic carbocycles. The molecule has 0 spiro atoms. The van der Waals surface area contributed by atoms with Crippen LogP contribution in [0.4, 0.5) is 0 Å². The van der Waals surface area contributed by atoms with Gasteiger partial charge in [0, 0.05) is 0 Å². The van der Waals surface area contributed by atoms with E-state index in [0.717, 1.165) is 12.1 Å². The van der Waals surface area contributed by atoms with Crippen LogP contribution in [-0.4, -0.2) is 18.1 Å². The summed E-state index contributed by atoms with van der Waals surface area (Å²) >= 11 is 0. The van der Waals surface area contributed by atoms with Gasteiger partial charge in [0.2, 0.25) is 0 Å². The summed E-state index contributed by atoms with van der Waals surface area (Å²) in [5.74, 6) is 0.326. The second kappa shape index (κ2) is 7.29. The number of hydrogen-bond acceptors (Lipinski definition) is 3. The summed E-state index contributed by atoms with van der Waals surface area (Å²) in [4.78, 5) is 12.2. The Labute approximate surface area is 116 Å². The Morgan fingerprint density at radius 2 is 1.95 bits per heavy atom. The quantitative estimate of drug-likeness (QED) is 0.768. The standard InChI is InChI=1S/C16H25NO2/c1-5-16(4,17-11-13(2)3)15(18)19-12-14-9-7-6-8-10-14/h6-10,13,17H,5,11-12H2,1-4H3. The fourth-order valence-corrected chi connectivity index (χ4v) is 1.65. The maximum Gasteiger partial charge on any atom is 0.326 e. The van der Waals surface area contributed by atoms with Crippen LogP contribution in [0, 0.1) is 5.92 Å². The van der Waals surface area contributed by atoms with Gasteiger partial charge in [-0.2, -0.15) is 0 Å². The van der Waals surface area contributed by atoms with E-state index in [-0.39, 0.29) is 5.97 Å². The highest BCUT2D eigenvalue weighted by Crippen LogP contribution is 2.14. The van der Waals surface area contributed by atoms with Crippen LogP contribution in [0.2, 0.25) is 0 Å². The van der Waals surface area contributed by atoms with Gasteiger partial charge in [-0.05, 0) is 31.4 Å². The van der Waals surface area contributed by atoms with E-state index in [1.54, 1.807) is 0 Å². The minimum absolute atomic E-state index is 0.181. The number of nitrogens with one attached hydrogen (secondary N) is 1. The first-order valence-electron chi connectivity index (χ1n) is 6.94. The van der Waals surface area contributed by atoms with Gasteiger partial charge in [-0.3, -0.25) is 4.79 Å². The maximum absolute atomic E-state index is 12.2. The van der Waals surface area contributed by atoms with Gasteiger partial charge in [-0.25, -0.2) is 0 Å². The van der Waals surface area contributed by atoms with Crippen molar-refractivity contribution in [3.05, 3.63) is 35.9 Å². The molecule has 0 aliphatic carbocycles. The van der Waals surface area contributed by atoms with Crippen LogP contribution >= 0.6 is 0 Å². The minimum atomic E-state index is -0.598. The lowest BCUT2D eigenvalue weighted by molar-refractivity contribution is -0.152. The topological polar surface area (TPSA) is 38.3 Å². The zero-order valence-electron chi connectivity index (χ0n) is 12.4. The Morgan fingerprint density at radius 1 is 1.32 bits per heavy atom. The normalized spacial score (nSPS) is 14.2. The molecule has 0 saturated heterocycles. The molecule has 0 aromatic heterocycles. The molecule has 0 bridgehead atoms. The van der Waals surface area contributed by atoms with Gasteiger partial charge in [0.05, 0.1) is 0 Å². The largest absolute Gasteiger partial charge is 0.459 e. The summed E-state index contributed by atoms with van der Waals surface area (Å²) in [7, 11) is 0. The summed E-state index contributed by atoms with van der Waals surface area (Å²) in [5.41, 5.74) is 0.414. The smallest absolute Gasteiger partial charge is 0.326 e. The fourth-order valence-electron chi connectivity index (χ4n) is 1.65. The average molecular weight is 263 g/mol. The summed E-state index contributed by atoms with van der Waals surface area (Å²) < 4.78 is 5.41. The zero-order valence-corrected chi connectivity index (χ0v) is 12.4. The average Bonchev–Trinajstić information content (AvgIpc) is 2.43. The molecule has 106 valence electrons. The first-order valence-corrected chi connectivity index (χ1v) is 6.94. The van der Waals surface area contributed by atoms with Gasteiger partial charge in [0.1, 0.15) is 12.1 Å². The third-order valence-corrected chi connectivity index (χ3v) is 3.27. The molecule has 0 aliphatic heterocycles. The molecule has 1 atom stereocenters. The van der Waals surface area contributed by atoms with Crippen LogP contribution in [0.15, 0.2) is 30.3 Å². The van der Waals surface area contributed by atoms with Crippen LogP contribution in [-0.2, 0) is 16.1 Å². The highest BCUT2D eigenvalue weighted by atomic mass is 16.5. The maximum atomic E-state index is 12.2. The molecule has 0 radical (unpaired) electrons. The van der Waals surface area contributed by atoms with E-state index in [1.807, 2.05) is 44.2 Å². The van der Waals surface area contributed by atoms with Gasteiger partial charge in [-0.15, -0.1) is 0 Å². The Kier molecular flexibility index (Phi) is 6.03. The van der Waals surface area contributed by atoms with E-state index in [0.29, 0.717) is 18.9 Å². The van der Waals surface area contributed by atoms with Crippen molar-refractivity contribution in [2.45, 2.75) is 46.3 Å². The summed E-state index contributed by atoms with van der Waals surface area (Å²) in [6.07, 6.45) is 0.716. The van der Waals surface area contributed by atoms with Gasteiger partial charge in [0.25, 0.3) is 0 Å². The minimum Gasteiger partial charge on any atom is -0.459 e. The zero-order chi connectivity index (χ0) is 14.3. The SMILES string of the molecule is CCC(C)(NCC(C)C)C(=O)OCc1ccccc1. The first kappa shape index (κ1) is 15.7. The number of carbonyl (C=O) groups is 1. The fraction of sp³-hybridized carbons (Fsp3) is 0.562. The number of esters is 1. The van der Waals surface area contributed by atoms with E-state index in [4.69, 9.17) is 4.74 Å². The summed E-state index contributed by atoms with van der Waals surface area (Å²) in [6, 6.07) is 9.75. The highest BCUT2D eigenvalue weighted by Gasteiger charge is 2.32. The van der Waals surface area contributed by atoms with Crippen LogP contribution in [0.5, 0.6) is 0 Å². The molecule has 3 nitrogen and oxygen atoms in total. The van der Waals surface area contributed by atoms with Gasteiger partial charge >= 0.3 is 5.97 Å². The van der Waals surface area contributed by atoms with Crippen molar-refractivity contribution in [1.29, 1.82) is 0 Å². The van der Waals surface area contributed by atoms with Gasteiger partial charge in [0.15, 0.2) is 0 Å². The van der Waals surface area contributed by atoms with Crippen LogP contribution in [0.3, 0.4) is 0 Å². The molecule has 0 heterocycles. The lowest BCUT2D eigenvalue weighted by Crippen LogP contribution is -2.51. The number of carbonyl (C=O) groups excluding carboxylic acids is 1. The van der Waals surface area contributed by atoms with Crippen LogP contribution in [0.1, 0.15) is 39.7 Å². The molecule has 1 unspecified atom stereocenters. The Balaban J connectivity index is 2.53. The van der Waals surface area contributed by atoms with Crippen molar-refractivity contribution in [2.75, 3.05) is 6.54 Å². The monoisotopic (exact) mass is 263 g/mol. The molecule has 0 fully saturated rings. The molecular formula is C16H25NO2. The number of benzene rings is 1. The van der Waals surface area contributed by atoms with Gasteiger partial charge < -0.3 is 10.1 Å². The summed E-state index contributed by atoms with van der Waals surface area (Å²) in [5, 5.41) is 3.31. The lowest BCUT2D eigenvalue weighted by Gasteiger charge is -2.28. The molecule has 0 amide bonds. The number of rotatable bonds is 7. The predicted octanol–water partition coefficient (Wildman–Crippen LogP) is 3.14. The summed E-state index contributed by atoms with van der Waals surface area (Å²) in [6.45, 7) is 9.29. The van der Waals surface area contributed by atoms with E-state index in [2.05, 4.69) is 19.2 Å². The van der Waals surface area contributed by atoms with Crippen molar-refractivity contribution in [3.8, 4) is 0 Å². The molecule has 0 saturated carbocycles. The van der Waals surface area contributed by atoms with Gasteiger partial charge in [-0.1, -0.05) is 51.1 Å². The van der Waals surface area contributed by atoms with Crippen molar-refractivity contribution in [1.82, 2.24) is 5.32 Å². The highest BCUT2D eigenvalue weighted by molar-refractivity contribution is 5.80. The van der Waals surface area contributed by atoms with E-state index < -0.39 is 5.54 Å². The lowest BCUT2D eigenvalue weighted by atomic mass is 9.98. The Morgan fingerprint density at radius 3 is 2.47 bits per heavy atom. The van der Waals surface area contributed by atoms with Crippen molar-refractivity contribution < 1.29 is 9.53 Å². The molecule has 3 heteroatoms. The van der Waals surface area contributed by atoms with Crippen molar-refractivity contribution >= 4 is 5.97 Å². The number of ether oxygens (including phenoxy) is 1. The third-order valence-electron chi connectivity index (χ3n) is 3.27. The second-order valence-electron chi connectivity index (χ2n) is 5.52. The molecule has 1 aromatic rings. The predicted molar refractivity (Wildman–Crippen MR) is 77.8 cm³/mol. The second-order valence-corrected chi connectivity index (χ2v) is 5.52. The van der Waals surface area contributed by atoms with Crippen LogP contribution in [0.25, 0.3) is 0 Å². The van der Waals surface area contributed by atoms with E-state index in [9.17, 15) is 4.79 Å². The molecule has 0 aliphatic rings. The van der Waals surface area contributed by atoms with E-state index >= 15 is 0 Å². The molecule has 1 rings (SSSR count). The third kappa shape index (κ3) is 5.03. The van der Waals surface area contributed by atoms with Crippen LogP contribution < -0.4 is 5.32 Å². The number of hydrogen-bond donors (Lipinski definition) is 1. The Hall–Kier alpha value is -1.35. The molecule has 1 N–H and O–H groups in total. The first-order chi connectivity index (χ1) is 8.98.